The number of amides is 2. The van der Waals surface area contributed by atoms with Crippen LogP contribution in [-0.4, -0.2) is 58.0 Å². The summed E-state index contributed by atoms with van der Waals surface area (Å²) in [5.74, 6) is -1.34. The molecule has 3 rings (SSSR count). The van der Waals surface area contributed by atoms with Crippen molar-refractivity contribution in [3.63, 3.8) is 0 Å². The van der Waals surface area contributed by atoms with Crippen molar-refractivity contribution in [1.82, 2.24) is 10.2 Å². The zero-order chi connectivity index (χ0) is 31.2. The van der Waals surface area contributed by atoms with Gasteiger partial charge in [0.25, 0.3) is 10.0 Å². The molecular formula is C29H32Cl2FN3O6S. The van der Waals surface area contributed by atoms with Gasteiger partial charge >= 0.3 is 0 Å². The molecule has 13 heteroatoms. The van der Waals surface area contributed by atoms with Crippen LogP contribution in [0.1, 0.15) is 26.3 Å². The number of nitrogens with zero attached hydrogens (tertiary/aromatic N) is 2. The van der Waals surface area contributed by atoms with Gasteiger partial charge in [-0.25, -0.2) is 12.8 Å². The highest BCUT2D eigenvalue weighted by molar-refractivity contribution is 7.92. The smallest absolute Gasteiger partial charge is 0.264 e. The van der Waals surface area contributed by atoms with Crippen LogP contribution in [-0.2, 0) is 26.2 Å². The van der Waals surface area contributed by atoms with E-state index in [-0.39, 0.29) is 39.0 Å². The molecule has 0 aliphatic carbocycles. The van der Waals surface area contributed by atoms with E-state index in [1.807, 2.05) is 0 Å². The molecule has 0 aliphatic rings. The molecular weight excluding hydrogens is 608 g/mol. The average Bonchev–Trinajstić information content (AvgIpc) is 2.95. The standard InChI is InChI=1S/C29H32Cl2FN3O6S/c1-18(2)33-29(37)19(3)34(16-23-24(30)7-6-8-25(23)31)28(36)17-35(21-11-9-20(32)10-12-21)42(38,39)22-13-14-26(40-4)27(15-22)41-5/h6-15,18-19H,16-17H2,1-5H3,(H,33,37). The normalized spacial score (nSPS) is 12.0. The van der Waals surface area contributed by atoms with E-state index in [9.17, 15) is 22.4 Å². The van der Waals surface area contributed by atoms with Crippen molar-refractivity contribution in [2.45, 2.75) is 44.3 Å². The summed E-state index contributed by atoms with van der Waals surface area (Å²) in [6, 6.07) is 12.2. The van der Waals surface area contributed by atoms with E-state index in [2.05, 4.69) is 5.32 Å². The number of rotatable bonds is 12. The molecule has 0 saturated heterocycles. The maximum Gasteiger partial charge on any atom is 0.264 e. The molecule has 1 atom stereocenters. The first-order valence-electron chi connectivity index (χ1n) is 12.8. The third-order valence-electron chi connectivity index (χ3n) is 6.32. The van der Waals surface area contributed by atoms with Gasteiger partial charge < -0.3 is 19.7 Å². The van der Waals surface area contributed by atoms with Gasteiger partial charge in [-0.2, -0.15) is 0 Å². The van der Waals surface area contributed by atoms with Crippen LogP contribution in [0, 0.1) is 5.82 Å². The molecule has 9 nitrogen and oxygen atoms in total. The molecule has 0 aliphatic heterocycles. The predicted molar refractivity (Wildman–Crippen MR) is 160 cm³/mol. The summed E-state index contributed by atoms with van der Waals surface area (Å²) in [6.45, 7) is 4.15. The van der Waals surface area contributed by atoms with E-state index in [0.717, 1.165) is 16.4 Å². The molecule has 0 aromatic heterocycles. The van der Waals surface area contributed by atoms with Crippen molar-refractivity contribution < 1.29 is 31.9 Å². The Morgan fingerprint density at radius 1 is 0.929 bits per heavy atom. The van der Waals surface area contributed by atoms with Gasteiger partial charge in [0.2, 0.25) is 11.8 Å². The Morgan fingerprint density at radius 3 is 2.07 bits per heavy atom. The predicted octanol–water partition coefficient (Wildman–Crippen LogP) is 5.29. The Balaban J connectivity index is 2.10. The number of carbonyl (C=O) groups is 2. The molecule has 0 heterocycles. The quantitative estimate of drug-likeness (QED) is 0.289. The summed E-state index contributed by atoms with van der Waals surface area (Å²) in [5, 5.41) is 3.30. The molecule has 0 fully saturated rings. The maximum absolute atomic E-state index is 14.0. The minimum absolute atomic E-state index is 0.0227. The molecule has 0 saturated carbocycles. The number of sulfonamides is 1. The Labute approximate surface area is 255 Å². The lowest BCUT2D eigenvalue weighted by Gasteiger charge is -2.32. The lowest BCUT2D eigenvalue weighted by Crippen LogP contribution is -2.52. The first-order chi connectivity index (χ1) is 19.8. The summed E-state index contributed by atoms with van der Waals surface area (Å²) in [5.41, 5.74) is 0.406. The van der Waals surface area contributed by atoms with Gasteiger partial charge in [-0.05, 0) is 69.3 Å². The van der Waals surface area contributed by atoms with E-state index in [1.54, 1.807) is 32.0 Å². The molecule has 42 heavy (non-hydrogen) atoms. The Bertz CT molecular complexity index is 1520. The van der Waals surface area contributed by atoms with Gasteiger partial charge in [0.15, 0.2) is 11.5 Å². The fraction of sp³-hybridized carbons (Fsp3) is 0.310. The van der Waals surface area contributed by atoms with E-state index < -0.39 is 40.2 Å². The van der Waals surface area contributed by atoms with Crippen LogP contribution in [0.3, 0.4) is 0 Å². The van der Waals surface area contributed by atoms with Crippen LogP contribution < -0.4 is 19.1 Å². The summed E-state index contributed by atoms with van der Waals surface area (Å²) in [6.07, 6.45) is 0. The van der Waals surface area contributed by atoms with Gasteiger partial charge in [0, 0.05) is 34.3 Å². The van der Waals surface area contributed by atoms with Crippen molar-refractivity contribution in [2.24, 2.45) is 0 Å². The number of hydrogen-bond donors (Lipinski definition) is 1. The highest BCUT2D eigenvalue weighted by Crippen LogP contribution is 2.33. The summed E-state index contributed by atoms with van der Waals surface area (Å²) < 4.78 is 53.1. The second kappa shape index (κ2) is 14.1. The van der Waals surface area contributed by atoms with Gasteiger partial charge in [-0.1, -0.05) is 29.3 Å². The molecule has 0 bridgehead atoms. The Kier molecular flexibility index (Phi) is 11.1. The molecule has 1 unspecified atom stereocenters. The van der Waals surface area contributed by atoms with Crippen LogP contribution in [0.2, 0.25) is 10.0 Å². The third-order valence-corrected chi connectivity index (χ3v) is 8.80. The van der Waals surface area contributed by atoms with Crippen molar-refractivity contribution >= 4 is 50.7 Å². The first-order valence-corrected chi connectivity index (χ1v) is 15.0. The largest absolute Gasteiger partial charge is 0.493 e. The van der Waals surface area contributed by atoms with E-state index in [1.165, 1.54) is 56.4 Å². The topological polar surface area (TPSA) is 105 Å². The highest BCUT2D eigenvalue weighted by atomic mass is 35.5. The van der Waals surface area contributed by atoms with Crippen LogP contribution in [0.5, 0.6) is 11.5 Å². The number of carbonyl (C=O) groups excluding carboxylic acids is 2. The summed E-state index contributed by atoms with van der Waals surface area (Å²) >= 11 is 12.8. The number of anilines is 1. The molecule has 0 radical (unpaired) electrons. The van der Waals surface area contributed by atoms with Gasteiger partial charge in [0.1, 0.15) is 18.4 Å². The number of nitrogens with one attached hydrogen (secondary N) is 1. The van der Waals surface area contributed by atoms with Gasteiger partial charge in [0.05, 0.1) is 24.8 Å². The van der Waals surface area contributed by atoms with Crippen molar-refractivity contribution in [3.05, 3.63) is 82.1 Å². The minimum atomic E-state index is -4.43. The van der Waals surface area contributed by atoms with Crippen molar-refractivity contribution in [3.8, 4) is 11.5 Å². The molecule has 226 valence electrons. The number of benzene rings is 3. The Hall–Kier alpha value is -3.54. The first kappa shape index (κ1) is 33.0. The highest BCUT2D eigenvalue weighted by Gasteiger charge is 2.33. The fourth-order valence-electron chi connectivity index (χ4n) is 4.08. The van der Waals surface area contributed by atoms with E-state index in [0.29, 0.717) is 11.3 Å². The van der Waals surface area contributed by atoms with Crippen molar-refractivity contribution in [1.29, 1.82) is 0 Å². The number of ether oxygens (including phenoxy) is 2. The Morgan fingerprint density at radius 2 is 1.52 bits per heavy atom. The molecule has 0 spiro atoms. The van der Waals surface area contributed by atoms with Crippen LogP contribution >= 0.6 is 23.2 Å². The molecule has 3 aromatic carbocycles. The molecule has 3 aromatic rings. The minimum Gasteiger partial charge on any atom is -0.493 e. The maximum atomic E-state index is 14.0. The zero-order valence-electron chi connectivity index (χ0n) is 23.7. The second-order valence-corrected chi connectivity index (χ2v) is 12.2. The van der Waals surface area contributed by atoms with Crippen LogP contribution in [0.25, 0.3) is 0 Å². The van der Waals surface area contributed by atoms with Gasteiger partial charge in [-0.3, -0.25) is 13.9 Å². The fourth-order valence-corrected chi connectivity index (χ4v) is 6.03. The number of methoxy groups -OCH3 is 2. The van der Waals surface area contributed by atoms with E-state index in [4.69, 9.17) is 32.7 Å². The monoisotopic (exact) mass is 639 g/mol. The average molecular weight is 641 g/mol. The van der Waals surface area contributed by atoms with Gasteiger partial charge in [-0.15, -0.1) is 0 Å². The lowest BCUT2D eigenvalue weighted by molar-refractivity contribution is -0.139. The SMILES string of the molecule is COc1ccc(S(=O)(=O)N(CC(=O)N(Cc2c(Cl)cccc2Cl)C(C)C(=O)NC(C)C)c2ccc(F)cc2)cc1OC. The summed E-state index contributed by atoms with van der Waals surface area (Å²) in [7, 11) is -1.67. The number of hydrogen-bond acceptors (Lipinski definition) is 6. The second-order valence-electron chi connectivity index (χ2n) is 9.57. The van der Waals surface area contributed by atoms with Crippen LogP contribution in [0.15, 0.2) is 65.6 Å². The third kappa shape index (κ3) is 7.64. The zero-order valence-corrected chi connectivity index (χ0v) is 26.1. The van der Waals surface area contributed by atoms with Crippen molar-refractivity contribution in [2.75, 3.05) is 25.1 Å². The van der Waals surface area contributed by atoms with E-state index >= 15 is 0 Å². The lowest BCUT2D eigenvalue weighted by atomic mass is 10.1. The summed E-state index contributed by atoms with van der Waals surface area (Å²) in [4.78, 5) is 28.0. The number of halogens is 3. The molecule has 2 amide bonds. The molecule has 1 N–H and O–H groups in total. The van der Waals surface area contributed by atoms with Crippen LogP contribution in [0.4, 0.5) is 10.1 Å².